The Morgan fingerprint density at radius 1 is 0.500 bits per heavy atom. The first-order chi connectivity index (χ1) is 17.6. The van der Waals surface area contributed by atoms with E-state index in [0.29, 0.717) is 19.4 Å². The lowest BCUT2D eigenvalue weighted by Gasteiger charge is -2.16. The normalized spacial score (nSPS) is 12.0. The third kappa shape index (κ3) is 26.0. The Morgan fingerprint density at radius 2 is 0.917 bits per heavy atom. The van der Waals surface area contributed by atoms with E-state index in [4.69, 9.17) is 9.47 Å². The van der Waals surface area contributed by atoms with E-state index in [-0.39, 0.29) is 18.0 Å². The van der Waals surface area contributed by atoms with Crippen LogP contribution in [0.1, 0.15) is 181 Å². The maximum atomic E-state index is 12.0. The fraction of sp³-hybridized carbons (Fsp3) is 0.938. The van der Waals surface area contributed by atoms with E-state index in [9.17, 15) is 9.59 Å². The third-order valence-electron chi connectivity index (χ3n) is 7.16. The Bertz CT molecular complexity index is 477. The molecule has 0 radical (unpaired) electrons. The summed E-state index contributed by atoms with van der Waals surface area (Å²) in [5.74, 6) is -0.0699. The van der Waals surface area contributed by atoms with Gasteiger partial charge in [0.05, 0.1) is 6.61 Å². The minimum absolute atomic E-state index is 0.0331. The quantitative estimate of drug-likeness (QED) is 0.0775. The summed E-state index contributed by atoms with van der Waals surface area (Å²) in [5.41, 5.74) is 0. The average molecular weight is 511 g/mol. The Balaban J connectivity index is 3.36. The van der Waals surface area contributed by atoms with Crippen molar-refractivity contribution in [2.45, 2.75) is 187 Å². The van der Waals surface area contributed by atoms with Crippen molar-refractivity contribution in [2.24, 2.45) is 0 Å². The Morgan fingerprint density at radius 3 is 1.42 bits per heavy atom. The summed E-state index contributed by atoms with van der Waals surface area (Å²) in [7, 11) is 0. The van der Waals surface area contributed by atoms with Gasteiger partial charge in [-0.15, -0.1) is 0 Å². The predicted molar refractivity (Wildman–Crippen MR) is 153 cm³/mol. The minimum Gasteiger partial charge on any atom is -0.466 e. The van der Waals surface area contributed by atoms with Gasteiger partial charge in [-0.2, -0.15) is 0 Å². The molecule has 0 rings (SSSR count). The van der Waals surface area contributed by atoms with Crippen LogP contribution in [0.25, 0.3) is 0 Å². The second kappa shape index (κ2) is 28.5. The fourth-order valence-corrected chi connectivity index (χ4v) is 4.66. The minimum atomic E-state index is -0.0368. The number of rotatable bonds is 28. The first kappa shape index (κ1) is 34.9. The number of hydrogen-bond acceptors (Lipinski definition) is 4. The van der Waals surface area contributed by atoms with Gasteiger partial charge in [0.1, 0.15) is 6.10 Å². The van der Waals surface area contributed by atoms with Gasteiger partial charge in [-0.3, -0.25) is 9.59 Å². The van der Waals surface area contributed by atoms with Gasteiger partial charge in [0.15, 0.2) is 0 Å². The van der Waals surface area contributed by atoms with Crippen LogP contribution in [0.4, 0.5) is 0 Å². The highest BCUT2D eigenvalue weighted by Crippen LogP contribution is 2.14. The van der Waals surface area contributed by atoms with Gasteiger partial charge in [0.2, 0.25) is 0 Å². The molecule has 36 heavy (non-hydrogen) atoms. The maximum Gasteiger partial charge on any atom is 0.306 e. The zero-order valence-electron chi connectivity index (χ0n) is 24.6. The topological polar surface area (TPSA) is 52.6 Å². The van der Waals surface area contributed by atoms with Crippen LogP contribution in [0.3, 0.4) is 0 Å². The molecule has 4 heteroatoms. The number of hydrogen-bond donors (Lipinski definition) is 0. The molecular formula is C32H62O4. The van der Waals surface area contributed by atoms with Crippen molar-refractivity contribution < 1.29 is 19.1 Å². The third-order valence-corrected chi connectivity index (χ3v) is 7.16. The number of ether oxygens (including phenoxy) is 2. The van der Waals surface area contributed by atoms with E-state index in [2.05, 4.69) is 20.8 Å². The molecule has 0 aliphatic heterocycles. The van der Waals surface area contributed by atoms with Gasteiger partial charge in [-0.1, -0.05) is 130 Å². The van der Waals surface area contributed by atoms with Crippen LogP contribution in [-0.2, 0) is 19.1 Å². The number of esters is 2. The van der Waals surface area contributed by atoms with Gasteiger partial charge in [-0.05, 0) is 38.5 Å². The van der Waals surface area contributed by atoms with Crippen LogP contribution in [0.2, 0.25) is 0 Å². The highest BCUT2D eigenvalue weighted by atomic mass is 16.5. The summed E-state index contributed by atoms with van der Waals surface area (Å²) < 4.78 is 11.0. The molecule has 0 heterocycles. The van der Waals surface area contributed by atoms with Gasteiger partial charge in [-0.25, -0.2) is 0 Å². The Kier molecular flexibility index (Phi) is 27.7. The Labute approximate surface area is 225 Å². The summed E-state index contributed by atoms with van der Waals surface area (Å²) in [5, 5.41) is 0. The lowest BCUT2D eigenvalue weighted by Crippen LogP contribution is -2.17. The van der Waals surface area contributed by atoms with E-state index in [0.717, 1.165) is 64.2 Å². The van der Waals surface area contributed by atoms with Crippen molar-refractivity contribution >= 4 is 11.9 Å². The zero-order chi connectivity index (χ0) is 26.5. The van der Waals surface area contributed by atoms with E-state index in [1.165, 1.54) is 83.5 Å². The predicted octanol–water partition coefficient (Wildman–Crippen LogP) is 10.3. The highest BCUT2D eigenvalue weighted by Gasteiger charge is 2.12. The van der Waals surface area contributed by atoms with Crippen LogP contribution < -0.4 is 0 Å². The second-order valence-electron chi connectivity index (χ2n) is 10.7. The molecule has 214 valence electrons. The van der Waals surface area contributed by atoms with E-state index >= 15 is 0 Å². The van der Waals surface area contributed by atoms with Crippen LogP contribution >= 0.6 is 0 Å². The first-order valence-electron chi connectivity index (χ1n) is 16.0. The molecule has 0 aromatic heterocycles. The fourth-order valence-electron chi connectivity index (χ4n) is 4.66. The second-order valence-corrected chi connectivity index (χ2v) is 10.7. The van der Waals surface area contributed by atoms with E-state index in [1.54, 1.807) is 0 Å². The molecule has 0 saturated carbocycles. The number of carbonyl (C=O) groups excluding carboxylic acids is 2. The van der Waals surface area contributed by atoms with Gasteiger partial charge in [0.25, 0.3) is 0 Å². The van der Waals surface area contributed by atoms with Crippen molar-refractivity contribution in [3.8, 4) is 0 Å². The van der Waals surface area contributed by atoms with Crippen LogP contribution in [0.15, 0.2) is 0 Å². The number of carbonyl (C=O) groups is 2. The van der Waals surface area contributed by atoms with Gasteiger partial charge in [0, 0.05) is 12.8 Å². The van der Waals surface area contributed by atoms with Crippen molar-refractivity contribution in [1.29, 1.82) is 0 Å². The monoisotopic (exact) mass is 510 g/mol. The first-order valence-corrected chi connectivity index (χ1v) is 16.0. The van der Waals surface area contributed by atoms with E-state index < -0.39 is 0 Å². The molecule has 0 spiro atoms. The largest absolute Gasteiger partial charge is 0.466 e. The molecule has 4 nitrogen and oxygen atoms in total. The standard InChI is InChI=1S/C32H62O4/c1-4-7-9-10-11-12-13-14-15-18-21-25-29-35-31(33)27-23-19-16-17-20-24-28-32(34)36-30(6-3)26-22-8-5-2/h30H,4-29H2,1-3H3. The molecule has 0 fully saturated rings. The van der Waals surface area contributed by atoms with Crippen molar-refractivity contribution in [2.75, 3.05) is 6.61 Å². The molecule has 1 unspecified atom stereocenters. The average Bonchev–Trinajstić information content (AvgIpc) is 2.87. The molecule has 0 aromatic rings. The van der Waals surface area contributed by atoms with Crippen LogP contribution in [-0.4, -0.2) is 24.6 Å². The van der Waals surface area contributed by atoms with Crippen LogP contribution in [0, 0.1) is 0 Å². The smallest absolute Gasteiger partial charge is 0.306 e. The SMILES string of the molecule is CCCCCCCCCCCCCCOC(=O)CCCCCCCCC(=O)OC(CC)CCCCC. The molecule has 1 atom stereocenters. The van der Waals surface area contributed by atoms with Gasteiger partial charge < -0.3 is 9.47 Å². The highest BCUT2D eigenvalue weighted by molar-refractivity contribution is 5.69. The molecule has 0 bridgehead atoms. The summed E-state index contributed by atoms with van der Waals surface area (Å²) >= 11 is 0. The van der Waals surface area contributed by atoms with Crippen molar-refractivity contribution in [3.05, 3.63) is 0 Å². The summed E-state index contributed by atoms with van der Waals surface area (Å²) in [6.45, 7) is 7.15. The molecule has 0 saturated heterocycles. The molecule has 0 aromatic carbocycles. The summed E-state index contributed by atoms with van der Waals surface area (Å²) in [4.78, 5) is 23.9. The molecule has 0 aliphatic rings. The molecular weight excluding hydrogens is 448 g/mol. The maximum absolute atomic E-state index is 12.0. The van der Waals surface area contributed by atoms with Crippen LogP contribution in [0.5, 0.6) is 0 Å². The molecule has 0 N–H and O–H groups in total. The van der Waals surface area contributed by atoms with Crippen molar-refractivity contribution in [3.63, 3.8) is 0 Å². The molecule has 0 aliphatic carbocycles. The summed E-state index contributed by atoms with van der Waals surface area (Å²) in [6, 6.07) is 0. The van der Waals surface area contributed by atoms with E-state index in [1.807, 2.05) is 0 Å². The lowest BCUT2D eigenvalue weighted by molar-refractivity contribution is -0.149. The summed E-state index contributed by atoms with van der Waals surface area (Å²) in [6.07, 6.45) is 28.7. The lowest BCUT2D eigenvalue weighted by atomic mass is 10.1. The zero-order valence-corrected chi connectivity index (χ0v) is 24.6. The number of unbranched alkanes of at least 4 members (excludes halogenated alkanes) is 18. The van der Waals surface area contributed by atoms with Crippen molar-refractivity contribution in [1.82, 2.24) is 0 Å². The Hall–Kier alpha value is -1.06. The molecule has 0 amide bonds. The van der Waals surface area contributed by atoms with Gasteiger partial charge >= 0.3 is 11.9 Å².